The molecule has 1 aliphatic rings. The minimum absolute atomic E-state index is 0.234. The third-order valence-electron chi connectivity index (χ3n) is 3.82. The highest BCUT2D eigenvalue weighted by Crippen LogP contribution is 2.21. The summed E-state index contributed by atoms with van der Waals surface area (Å²) in [4.78, 5) is 18.2. The molecule has 1 saturated heterocycles. The van der Waals surface area contributed by atoms with Gasteiger partial charge in [-0.15, -0.1) is 0 Å². The number of ether oxygens (including phenoxy) is 1. The van der Waals surface area contributed by atoms with Crippen LogP contribution < -0.4 is 5.32 Å². The Hall–Kier alpha value is -2.30. The molecule has 0 spiro atoms. The summed E-state index contributed by atoms with van der Waals surface area (Å²) in [7, 11) is 0. The van der Waals surface area contributed by atoms with Gasteiger partial charge in [-0.25, -0.2) is 4.79 Å². The third kappa shape index (κ3) is 3.92. The van der Waals surface area contributed by atoms with E-state index in [1.807, 2.05) is 39.0 Å². The minimum atomic E-state index is -0.452. The van der Waals surface area contributed by atoms with E-state index in [0.717, 1.165) is 29.6 Å². The number of anilines is 1. The van der Waals surface area contributed by atoms with E-state index < -0.39 is 5.60 Å². The molecule has 1 amide bonds. The quantitative estimate of drug-likeness (QED) is 0.919. The largest absolute Gasteiger partial charge is 0.444 e. The number of carbonyl (C=O) groups is 1. The molecular weight excluding hydrogens is 290 g/mol. The second-order valence-corrected chi connectivity index (χ2v) is 6.97. The van der Waals surface area contributed by atoms with E-state index in [2.05, 4.69) is 22.4 Å². The van der Waals surface area contributed by atoms with Crippen LogP contribution in [0.15, 0.2) is 36.5 Å². The van der Waals surface area contributed by atoms with Gasteiger partial charge in [0.1, 0.15) is 5.60 Å². The van der Waals surface area contributed by atoms with Gasteiger partial charge >= 0.3 is 6.09 Å². The van der Waals surface area contributed by atoms with Crippen molar-refractivity contribution >= 4 is 22.7 Å². The summed E-state index contributed by atoms with van der Waals surface area (Å²) in [6, 6.07) is 10.4. The number of rotatable bonds is 2. The fraction of sp³-hybridized carbons (Fsp3) is 0.444. The SMILES string of the molecule is CC(C)(C)OC(=O)N1CC[C@@H](Nc2ccc3cccnc3c2)C1. The number of pyridine rings is 1. The van der Waals surface area contributed by atoms with Crippen LogP contribution in [0.5, 0.6) is 0 Å². The fourth-order valence-electron chi connectivity index (χ4n) is 2.76. The lowest BCUT2D eigenvalue weighted by Gasteiger charge is -2.24. The maximum atomic E-state index is 12.1. The van der Waals surface area contributed by atoms with Gasteiger partial charge in [-0.2, -0.15) is 0 Å². The molecule has 0 aliphatic carbocycles. The number of hydrogen-bond donors (Lipinski definition) is 1. The minimum Gasteiger partial charge on any atom is -0.444 e. The summed E-state index contributed by atoms with van der Waals surface area (Å²) < 4.78 is 5.43. The summed E-state index contributed by atoms with van der Waals surface area (Å²) >= 11 is 0. The molecule has 2 aromatic rings. The molecule has 0 unspecified atom stereocenters. The van der Waals surface area contributed by atoms with E-state index in [0.29, 0.717) is 6.54 Å². The van der Waals surface area contributed by atoms with E-state index in [4.69, 9.17) is 4.74 Å². The Kier molecular flexibility index (Phi) is 4.11. The molecule has 5 heteroatoms. The lowest BCUT2D eigenvalue weighted by atomic mass is 10.2. The van der Waals surface area contributed by atoms with Crippen molar-refractivity contribution in [3.8, 4) is 0 Å². The van der Waals surface area contributed by atoms with Gasteiger partial charge in [0, 0.05) is 36.4 Å². The Morgan fingerprint density at radius 2 is 2.17 bits per heavy atom. The molecule has 1 aliphatic heterocycles. The van der Waals surface area contributed by atoms with Crippen molar-refractivity contribution in [3.63, 3.8) is 0 Å². The summed E-state index contributed by atoms with van der Waals surface area (Å²) in [6.07, 6.45) is 2.48. The lowest BCUT2D eigenvalue weighted by Crippen LogP contribution is -2.36. The second-order valence-electron chi connectivity index (χ2n) is 6.97. The van der Waals surface area contributed by atoms with Crippen LogP contribution >= 0.6 is 0 Å². The molecule has 0 radical (unpaired) electrons. The third-order valence-corrected chi connectivity index (χ3v) is 3.82. The summed E-state index contributed by atoms with van der Waals surface area (Å²) in [6.45, 7) is 7.05. The van der Waals surface area contributed by atoms with Crippen molar-refractivity contribution in [3.05, 3.63) is 36.5 Å². The first-order valence-electron chi connectivity index (χ1n) is 8.00. The van der Waals surface area contributed by atoms with Crippen molar-refractivity contribution in [2.45, 2.75) is 38.8 Å². The molecule has 23 heavy (non-hydrogen) atoms. The van der Waals surface area contributed by atoms with Crippen LogP contribution in [-0.4, -0.2) is 40.7 Å². The highest BCUT2D eigenvalue weighted by Gasteiger charge is 2.29. The standard InChI is InChI=1S/C18H23N3O2/c1-18(2,3)23-17(22)21-10-8-15(12-21)20-14-7-6-13-5-4-9-19-16(13)11-14/h4-7,9,11,15,20H,8,10,12H2,1-3H3/t15-/m1/s1. The van der Waals surface area contributed by atoms with Crippen molar-refractivity contribution in [1.82, 2.24) is 9.88 Å². The molecular formula is C18H23N3O2. The number of aromatic nitrogens is 1. The average Bonchev–Trinajstić information content (AvgIpc) is 2.94. The normalized spacial score (nSPS) is 18.2. The lowest BCUT2D eigenvalue weighted by molar-refractivity contribution is 0.0293. The molecule has 1 aromatic carbocycles. The molecule has 3 rings (SSSR count). The average molecular weight is 313 g/mol. The van der Waals surface area contributed by atoms with Crippen molar-refractivity contribution in [1.29, 1.82) is 0 Å². The van der Waals surface area contributed by atoms with Gasteiger partial charge < -0.3 is 15.0 Å². The first kappa shape index (κ1) is 15.6. The van der Waals surface area contributed by atoms with Gasteiger partial charge in [0.05, 0.1) is 5.52 Å². The molecule has 1 fully saturated rings. The zero-order valence-electron chi connectivity index (χ0n) is 13.9. The number of nitrogens with one attached hydrogen (secondary N) is 1. The molecule has 1 aromatic heterocycles. The Bertz CT molecular complexity index is 709. The van der Waals surface area contributed by atoms with E-state index in [-0.39, 0.29) is 12.1 Å². The predicted molar refractivity (Wildman–Crippen MR) is 91.6 cm³/mol. The van der Waals surface area contributed by atoms with Crippen LogP contribution in [0, 0.1) is 0 Å². The van der Waals surface area contributed by atoms with Crippen molar-refractivity contribution in [2.24, 2.45) is 0 Å². The highest BCUT2D eigenvalue weighted by molar-refractivity contribution is 5.82. The first-order chi connectivity index (χ1) is 10.9. The van der Waals surface area contributed by atoms with Crippen LogP contribution in [0.4, 0.5) is 10.5 Å². The fourth-order valence-corrected chi connectivity index (χ4v) is 2.76. The van der Waals surface area contributed by atoms with Gasteiger partial charge in [0.25, 0.3) is 0 Å². The summed E-state index contributed by atoms with van der Waals surface area (Å²) in [5.74, 6) is 0. The Morgan fingerprint density at radius 3 is 2.96 bits per heavy atom. The van der Waals surface area contributed by atoms with E-state index in [1.54, 1.807) is 11.1 Å². The second kappa shape index (κ2) is 6.07. The number of benzene rings is 1. The molecule has 5 nitrogen and oxygen atoms in total. The van der Waals surface area contributed by atoms with E-state index in [9.17, 15) is 4.79 Å². The Morgan fingerprint density at radius 1 is 1.35 bits per heavy atom. The maximum absolute atomic E-state index is 12.1. The maximum Gasteiger partial charge on any atom is 0.410 e. The molecule has 122 valence electrons. The number of fused-ring (bicyclic) bond motifs is 1. The van der Waals surface area contributed by atoms with Gasteiger partial charge in [-0.1, -0.05) is 12.1 Å². The zero-order chi connectivity index (χ0) is 16.4. The van der Waals surface area contributed by atoms with Crippen molar-refractivity contribution < 1.29 is 9.53 Å². The first-order valence-corrected chi connectivity index (χ1v) is 8.00. The zero-order valence-corrected chi connectivity index (χ0v) is 13.9. The van der Waals surface area contributed by atoms with Crippen LogP contribution in [0.1, 0.15) is 27.2 Å². The topological polar surface area (TPSA) is 54.5 Å². The number of carbonyl (C=O) groups excluding carboxylic acids is 1. The van der Waals surface area contributed by atoms with Crippen LogP contribution in [0.2, 0.25) is 0 Å². The number of nitrogens with zero attached hydrogens (tertiary/aromatic N) is 2. The van der Waals surface area contributed by atoms with Gasteiger partial charge in [-0.3, -0.25) is 4.98 Å². The molecule has 1 atom stereocenters. The predicted octanol–water partition coefficient (Wildman–Crippen LogP) is 3.66. The molecule has 0 bridgehead atoms. The van der Waals surface area contributed by atoms with Crippen LogP contribution in [0.25, 0.3) is 10.9 Å². The Balaban J connectivity index is 1.61. The molecule has 1 N–H and O–H groups in total. The smallest absolute Gasteiger partial charge is 0.410 e. The van der Waals surface area contributed by atoms with Gasteiger partial charge in [0.2, 0.25) is 0 Å². The highest BCUT2D eigenvalue weighted by atomic mass is 16.6. The number of hydrogen-bond acceptors (Lipinski definition) is 4. The number of amides is 1. The Labute approximate surface area is 136 Å². The van der Waals surface area contributed by atoms with E-state index in [1.165, 1.54) is 0 Å². The van der Waals surface area contributed by atoms with Crippen LogP contribution in [0.3, 0.4) is 0 Å². The van der Waals surface area contributed by atoms with Crippen molar-refractivity contribution in [2.75, 3.05) is 18.4 Å². The molecule has 2 heterocycles. The van der Waals surface area contributed by atoms with E-state index >= 15 is 0 Å². The number of likely N-dealkylation sites (tertiary alicyclic amines) is 1. The van der Waals surface area contributed by atoms with Gasteiger partial charge in [0.15, 0.2) is 0 Å². The summed E-state index contributed by atoms with van der Waals surface area (Å²) in [5, 5.41) is 4.62. The van der Waals surface area contributed by atoms with Crippen LogP contribution in [-0.2, 0) is 4.74 Å². The molecule has 0 saturated carbocycles. The summed E-state index contributed by atoms with van der Waals surface area (Å²) in [5.41, 5.74) is 1.55. The monoisotopic (exact) mass is 313 g/mol. The van der Waals surface area contributed by atoms with Gasteiger partial charge in [-0.05, 0) is 45.4 Å².